The van der Waals surface area contributed by atoms with Gasteiger partial charge in [-0.3, -0.25) is 9.59 Å². The number of aromatic hydroxyl groups is 2. The van der Waals surface area contributed by atoms with E-state index in [1.165, 1.54) is 18.3 Å². The number of ether oxygens (including phenoxy) is 1. The monoisotopic (exact) mass is 478 g/mol. The minimum absolute atomic E-state index is 0.0986. The second-order valence-electron chi connectivity index (χ2n) is 12.8. The van der Waals surface area contributed by atoms with Crippen molar-refractivity contribution in [1.29, 1.82) is 0 Å². The van der Waals surface area contributed by atoms with Crippen LogP contribution in [0.3, 0.4) is 0 Å². The van der Waals surface area contributed by atoms with Gasteiger partial charge in [-0.15, -0.1) is 0 Å². The molecule has 0 bridgehead atoms. The quantitative estimate of drug-likeness (QED) is 0.366. The maximum absolute atomic E-state index is 13.5. The van der Waals surface area contributed by atoms with Crippen LogP contribution in [0, 0.1) is 29.1 Å². The van der Waals surface area contributed by atoms with Gasteiger partial charge in [0.15, 0.2) is 17.3 Å². The topological polar surface area (TPSA) is 83.8 Å². The molecule has 4 aliphatic carbocycles. The molecule has 0 saturated heterocycles. The standard InChI is InChI=1S/C30H38O5/c1-16-14-27(3)8-9-28(4,26(34)35-7)15-22(27)30(6)11-10-29(5)18-12-21(32)25(33)17(2)23(18)20(31)13-19(29)24(16)30/h12-13,22,32-33H,8-11,14-15H2,1-7H3. The second-order valence-corrected chi connectivity index (χ2v) is 12.8. The lowest BCUT2D eigenvalue weighted by atomic mass is 9.41. The number of carbonyl (C=O) groups is 2. The van der Waals surface area contributed by atoms with Crippen molar-refractivity contribution in [3.05, 3.63) is 45.6 Å². The molecule has 5 atom stereocenters. The van der Waals surface area contributed by atoms with E-state index >= 15 is 0 Å². The molecule has 35 heavy (non-hydrogen) atoms. The predicted molar refractivity (Wildman–Crippen MR) is 135 cm³/mol. The van der Waals surface area contributed by atoms with E-state index in [1.807, 2.05) is 0 Å². The first kappa shape index (κ1) is 24.1. The SMILES string of the molecule is COC(=O)C1(C)CCC2(C)CC(C)=C3C4=CC(=O)c5c(cc(O)c(O)c5C)C4(C)CCC3(C)C2C1. The van der Waals surface area contributed by atoms with E-state index in [0.29, 0.717) is 17.0 Å². The lowest BCUT2D eigenvalue weighted by Crippen LogP contribution is -2.55. The smallest absolute Gasteiger partial charge is 0.311 e. The van der Waals surface area contributed by atoms with Crippen molar-refractivity contribution in [2.45, 2.75) is 85.5 Å². The largest absolute Gasteiger partial charge is 0.504 e. The highest BCUT2D eigenvalue weighted by atomic mass is 16.5. The molecular weight excluding hydrogens is 440 g/mol. The molecule has 0 amide bonds. The number of fused-ring (bicyclic) bond motifs is 7. The summed E-state index contributed by atoms with van der Waals surface area (Å²) in [7, 11) is 1.48. The Morgan fingerprint density at radius 2 is 1.74 bits per heavy atom. The predicted octanol–water partition coefficient (Wildman–Crippen LogP) is 6.29. The Balaban J connectivity index is 1.69. The summed E-state index contributed by atoms with van der Waals surface area (Å²) < 4.78 is 5.23. The lowest BCUT2D eigenvalue weighted by Gasteiger charge is -2.63. The number of phenols is 2. The van der Waals surface area contributed by atoms with E-state index in [0.717, 1.165) is 49.7 Å². The molecule has 5 heteroatoms. The van der Waals surface area contributed by atoms with Gasteiger partial charge in [-0.05, 0) is 105 Å². The van der Waals surface area contributed by atoms with Gasteiger partial charge in [0.2, 0.25) is 0 Å². The molecule has 2 N–H and O–H groups in total. The zero-order valence-electron chi connectivity index (χ0n) is 22.1. The van der Waals surface area contributed by atoms with Gasteiger partial charge in [0.25, 0.3) is 0 Å². The molecule has 0 spiro atoms. The first-order valence-corrected chi connectivity index (χ1v) is 12.8. The fourth-order valence-electron chi connectivity index (χ4n) is 8.54. The van der Waals surface area contributed by atoms with Gasteiger partial charge in [-0.25, -0.2) is 0 Å². The molecule has 0 aliphatic heterocycles. The molecule has 0 radical (unpaired) electrons. The lowest BCUT2D eigenvalue weighted by molar-refractivity contribution is -0.160. The van der Waals surface area contributed by atoms with Gasteiger partial charge in [0.1, 0.15) is 0 Å². The number of allylic oxidation sites excluding steroid dienone is 4. The number of hydrogen-bond donors (Lipinski definition) is 2. The van der Waals surface area contributed by atoms with Gasteiger partial charge >= 0.3 is 5.97 Å². The average Bonchev–Trinajstić information content (AvgIpc) is 2.79. The molecule has 188 valence electrons. The third-order valence-electron chi connectivity index (χ3n) is 10.5. The number of benzene rings is 1. The third-order valence-corrected chi connectivity index (χ3v) is 10.5. The molecule has 1 aromatic rings. The Kier molecular flexibility index (Phi) is 4.99. The number of ketones is 1. The van der Waals surface area contributed by atoms with Crippen LogP contribution in [-0.2, 0) is 14.9 Å². The van der Waals surface area contributed by atoms with Crippen LogP contribution in [0.4, 0.5) is 0 Å². The van der Waals surface area contributed by atoms with Crippen LogP contribution in [0.25, 0.3) is 0 Å². The Bertz CT molecular complexity index is 1240. The zero-order valence-corrected chi connectivity index (χ0v) is 22.1. The van der Waals surface area contributed by atoms with E-state index in [9.17, 15) is 19.8 Å². The fraction of sp³-hybridized carbons (Fsp3) is 0.600. The van der Waals surface area contributed by atoms with Crippen LogP contribution < -0.4 is 0 Å². The number of phenolic OH excluding ortho intramolecular Hbond substituents is 2. The van der Waals surface area contributed by atoms with Gasteiger partial charge in [-0.2, -0.15) is 0 Å². The van der Waals surface area contributed by atoms with E-state index in [1.54, 1.807) is 19.1 Å². The van der Waals surface area contributed by atoms with Crippen molar-refractivity contribution in [1.82, 2.24) is 0 Å². The molecule has 5 rings (SSSR count). The van der Waals surface area contributed by atoms with E-state index < -0.39 is 10.8 Å². The van der Waals surface area contributed by atoms with Gasteiger partial charge < -0.3 is 14.9 Å². The van der Waals surface area contributed by atoms with E-state index in [4.69, 9.17) is 4.74 Å². The molecule has 0 heterocycles. The van der Waals surface area contributed by atoms with Crippen molar-refractivity contribution in [3.8, 4) is 11.5 Å². The van der Waals surface area contributed by atoms with Crippen molar-refractivity contribution >= 4 is 11.8 Å². The molecule has 1 aromatic carbocycles. The summed E-state index contributed by atoms with van der Waals surface area (Å²) in [6, 6.07) is 1.60. The summed E-state index contributed by atoms with van der Waals surface area (Å²) in [5.41, 5.74) is 4.44. The van der Waals surface area contributed by atoms with E-state index in [2.05, 4.69) is 34.6 Å². The summed E-state index contributed by atoms with van der Waals surface area (Å²) >= 11 is 0. The number of hydrogen-bond acceptors (Lipinski definition) is 5. The van der Waals surface area contributed by atoms with Crippen LogP contribution in [-0.4, -0.2) is 29.1 Å². The van der Waals surface area contributed by atoms with Crippen molar-refractivity contribution in [2.75, 3.05) is 7.11 Å². The first-order chi connectivity index (χ1) is 16.2. The molecule has 4 aliphatic rings. The molecule has 2 fully saturated rings. The minimum atomic E-state index is -0.497. The number of methoxy groups -OCH3 is 1. The minimum Gasteiger partial charge on any atom is -0.504 e. The van der Waals surface area contributed by atoms with Crippen LogP contribution in [0.15, 0.2) is 28.9 Å². The Morgan fingerprint density at radius 1 is 1.06 bits per heavy atom. The highest BCUT2D eigenvalue weighted by Gasteiger charge is 2.61. The van der Waals surface area contributed by atoms with E-state index in [-0.39, 0.29) is 34.1 Å². The summed E-state index contributed by atoms with van der Waals surface area (Å²) in [4.78, 5) is 26.3. The molecule has 2 saturated carbocycles. The summed E-state index contributed by atoms with van der Waals surface area (Å²) in [6.45, 7) is 12.9. The molecular formula is C30H38O5. The normalized spacial score (nSPS) is 38.1. The summed E-state index contributed by atoms with van der Waals surface area (Å²) in [5.74, 6) is -0.327. The van der Waals surface area contributed by atoms with Crippen LogP contribution in [0.5, 0.6) is 11.5 Å². The Hall–Kier alpha value is -2.56. The van der Waals surface area contributed by atoms with Crippen LogP contribution in [0.2, 0.25) is 0 Å². The third kappa shape index (κ3) is 2.99. The van der Waals surface area contributed by atoms with Crippen molar-refractivity contribution in [2.24, 2.45) is 22.2 Å². The Morgan fingerprint density at radius 3 is 2.40 bits per heavy atom. The maximum atomic E-state index is 13.5. The van der Waals surface area contributed by atoms with Gasteiger partial charge in [0, 0.05) is 16.5 Å². The zero-order chi connectivity index (χ0) is 25.7. The molecule has 5 nitrogen and oxygen atoms in total. The second kappa shape index (κ2) is 7.24. The average molecular weight is 479 g/mol. The van der Waals surface area contributed by atoms with Crippen LogP contribution in [0.1, 0.15) is 94.6 Å². The maximum Gasteiger partial charge on any atom is 0.311 e. The summed E-state index contributed by atoms with van der Waals surface area (Å²) in [6.07, 6.45) is 7.11. The number of rotatable bonds is 1. The number of carbonyl (C=O) groups excluding carboxylic acids is 2. The highest BCUT2D eigenvalue weighted by molar-refractivity contribution is 6.10. The Labute approximate surface area is 208 Å². The molecule has 5 unspecified atom stereocenters. The van der Waals surface area contributed by atoms with Crippen molar-refractivity contribution in [3.63, 3.8) is 0 Å². The fourth-order valence-corrected chi connectivity index (χ4v) is 8.54. The summed E-state index contributed by atoms with van der Waals surface area (Å²) in [5, 5.41) is 20.8. The first-order valence-electron chi connectivity index (χ1n) is 12.8. The number of esters is 1. The van der Waals surface area contributed by atoms with Crippen molar-refractivity contribution < 1.29 is 24.5 Å². The van der Waals surface area contributed by atoms with Gasteiger partial charge in [0.05, 0.1) is 12.5 Å². The highest BCUT2D eigenvalue weighted by Crippen LogP contribution is 2.69. The van der Waals surface area contributed by atoms with Crippen LogP contribution >= 0.6 is 0 Å². The molecule has 0 aromatic heterocycles. The van der Waals surface area contributed by atoms with Gasteiger partial charge in [-0.1, -0.05) is 26.3 Å².